The average molecular weight is 532 g/mol. The molecule has 1 saturated heterocycles. The van der Waals surface area contributed by atoms with E-state index in [1.54, 1.807) is 67.5 Å². The fraction of sp³-hybridized carbons (Fsp3) is 0.241. The maximum atomic E-state index is 13.3. The zero-order chi connectivity index (χ0) is 26.9. The van der Waals surface area contributed by atoms with Crippen molar-refractivity contribution >= 4 is 46.1 Å². The standard InChI is InChI=1S/C29H29N3O5S/c1-3-37-28(35)21-12-14-22(15-13-21)31-29-32(17-16-20-8-5-4-6-9-20)26(33)19-25(38-29)27(34)30-23-10-7-11-24(18-23)36-2/h4-15,18,25H,3,16-17,19H2,1-2H3,(H,30,34). The van der Waals surface area contributed by atoms with E-state index in [0.717, 1.165) is 5.56 Å². The number of nitrogens with one attached hydrogen (secondary N) is 1. The van der Waals surface area contributed by atoms with Gasteiger partial charge in [0, 0.05) is 24.7 Å². The van der Waals surface area contributed by atoms with Crippen molar-refractivity contribution in [3.05, 3.63) is 90.0 Å². The highest BCUT2D eigenvalue weighted by atomic mass is 32.2. The summed E-state index contributed by atoms with van der Waals surface area (Å²) in [6, 6.07) is 23.6. The normalized spacial score (nSPS) is 16.3. The number of amidine groups is 1. The van der Waals surface area contributed by atoms with Crippen LogP contribution in [0, 0.1) is 0 Å². The number of hydrogen-bond acceptors (Lipinski definition) is 7. The predicted molar refractivity (Wildman–Crippen MR) is 149 cm³/mol. The number of anilines is 1. The summed E-state index contributed by atoms with van der Waals surface area (Å²) in [5.41, 5.74) is 2.66. The molecule has 0 bridgehead atoms. The van der Waals surface area contributed by atoms with Gasteiger partial charge in [-0.2, -0.15) is 0 Å². The molecule has 1 fully saturated rings. The van der Waals surface area contributed by atoms with E-state index in [4.69, 9.17) is 14.5 Å². The summed E-state index contributed by atoms with van der Waals surface area (Å²) in [7, 11) is 1.56. The summed E-state index contributed by atoms with van der Waals surface area (Å²) in [5.74, 6) is -0.250. The number of amides is 2. The van der Waals surface area contributed by atoms with E-state index in [9.17, 15) is 14.4 Å². The van der Waals surface area contributed by atoms with Crippen LogP contribution in [0.5, 0.6) is 5.75 Å². The molecule has 0 radical (unpaired) electrons. The van der Waals surface area contributed by atoms with Gasteiger partial charge in [-0.25, -0.2) is 9.79 Å². The number of hydrogen-bond donors (Lipinski definition) is 1. The minimum absolute atomic E-state index is 0.0517. The zero-order valence-electron chi connectivity index (χ0n) is 21.3. The molecule has 9 heteroatoms. The summed E-state index contributed by atoms with van der Waals surface area (Å²) in [6.45, 7) is 2.47. The number of esters is 1. The van der Waals surface area contributed by atoms with Crippen LogP contribution in [0.1, 0.15) is 29.3 Å². The first-order valence-electron chi connectivity index (χ1n) is 12.3. The van der Waals surface area contributed by atoms with Gasteiger partial charge in [0.15, 0.2) is 5.17 Å². The number of carbonyl (C=O) groups excluding carboxylic acids is 3. The van der Waals surface area contributed by atoms with Crippen molar-refractivity contribution in [3.63, 3.8) is 0 Å². The van der Waals surface area contributed by atoms with Gasteiger partial charge < -0.3 is 14.8 Å². The minimum atomic E-state index is -0.653. The third kappa shape index (κ3) is 7.01. The van der Waals surface area contributed by atoms with Gasteiger partial charge >= 0.3 is 5.97 Å². The quantitative estimate of drug-likeness (QED) is 0.387. The van der Waals surface area contributed by atoms with Gasteiger partial charge in [0.05, 0.1) is 25.0 Å². The summed E-state index contributed by atoms with van der Waals surface area (Å²) < 4.78 is 10.3. The average Bonchev–Trinajstić information content (AvgIpc) is 2.93. The van der Waals surface area contributed by atoms with E-state index in [1.807, 2.05) is 30.3 Å². The predicted octanol–water partition coefficient (Wildman–Crippen LogP) is 5.07. The van der Waals surface area contributed by atoms with Crippen molar-refractivity contribution in [2.45, 2.75) is 25.0 Å². The van der Waals surface area contributed by atoms with Crippen LogP contribution in [0.2, 0.25) is 0 Å². The molecular weight excluding hydrogens is 502 g/mol. The Morgan fingerprint density at radius 1 is 1.05 bits per heavy atom. The number of rotatable bonds is 9. The van der Waals surface area contributed by atoms with Crippen LogP contribution >= 0.6 is 11.8 Å². The molecule has 3 aromatic carbocycles. The number of benzene rings is 3. The van der Waals surface area contributed by atoms with Crippen LogP contribution in [0.4, 0.5) is 11.4 Å². The van der Waals surface area contributed by atoms with E-state index < -0.39 is 11.2 Å². The molecule has 1 aliphatic heterocycles. The highest BCUT2D eigenvalue weighted by Gasteiger charge is 2.35. The van der Waals surface area contributed by atoms with E-state index in [2.05, 4.69) is 5.32 Å². The SMILES string of the molecule is CCOC(=O)c1ccc(N=C2SC(C(=O)Nc3cccc(OC)c3)CC(=O)N2CCc2ccccc2)cc1. The van der Waals surface area contributed by atoms with Crippen molar-refractivity contribution in [1.29, 1.82) is 0 Å². The Hall–Kier alpha value is -4.11. The van der Waals surface area contributed by atoms with Crippen molar-refractivity contribution < 1.29 is 23.9 Å². The Bertz CT molecular complexity index is 1310. The highest BCUT2D eigenvalue weighted by Crippen LogP contribution is 2.30. The number of carbonyl (C=O) groups is 3. The smallest absolute Gasteiger partial charge is 0.338 e. The van der Waals surface area contributed by atoms with Gasteiger partial charge in [-0.05, 0) is 55.3 Å². The van der Waals surface area contributed by atoms with E-state index in [1.165, 1.54) is 11.8 Å². The van der Waals surface area contributed by atoms with Gasteiger partial charge in [0.1, 0.15) is 11.0 Å². The summed E-state index contributed by atoms with van der Waals surface area (Å²) in [4.78, 5) is 44.7. The second-order valence-electron chi connectivity index (χ2n) is 8.47. The minimum Gasteiger partial charge on any atom is -0.497 e. The van der Waals surface area contributed by atoms with E-state index >= 15 is 0 Å². The maximum Gasteiger partial charge on any atom is 0.338 e. The number of ether oxygens (including phenoxy) is 2. The third-order valence-electron chi connectivity index (χ3n) is 5.84. The second-order valence-corrected chi connectivity index (χ2v) is 9.64. The van der Waals surface area contributed by atoms with Crippen molar-refractivity contribution in [1.82, 2.24) is 4.90 Å². The lowest BCUT2D eigenvalue weighted by atomic mass is 10.1. The van der Waals surface area contributed by atoms with Gasteiger partial charge in [0.2, 0.25) is 11.8 Å². The van der Waals surface area contributed by atoms with Crippen LogP contribution in [0.3, 0.4) is 0 Å². The molecule has 0 aliphatic carbocycles. The number of thioether (sulfide) groups is 1. The topological polar surface area (TPSA) is 97.3 Å². The lowest BCUT2D eigenvalue weighted by molar-refractivity contribution is -0.129. The lowest BCUT2D eigenvalue weighted by Crippen LogP contribution is -2.46. The first-order chi connectivity index (χ1) is 18.5. The van der Waals surface area contributed by atoms with Crippen LogP contribution in [0.15, 0.2) is 83.9 Å². The Kier molecular flexibility index (Phi) is 9.16. The van der Waals surface area contributed by atoms with Crippen LogP contribution in [-0.4, -0.2) is 53.4 Å². The largest absolute Gasteiger partial charge is 0.497 e. The Labute approximate surface area is 226 Å². The van der Waals surface area contributed by atoms with Gasteiger partial charge in [-0.15, -0.1) is 0 Å². The Balaban J connectivity index is 1.56. The highest BCUT2D eigenvalue weighted by molar-refractivity contribution is 8.15. The molecule has 1 unspecified atom stereocenters. The second kappa shape index (κ2) is 12.9. The van der Waals surface area contributed by atoms with Crippen LogP contribution < -0.4 is 10.1 Å². The molecule has 1 heterocycles. The molecule has 1 N–H and O–H groups in total. The van der Waals surface area contributed by atoms with Crippen molar-refractivity contribution in [2.24, 2.45) is 4.99 Å². The lowest BCUT2D eigenvalue weighted by Gasteiger charge is -2.32. The molecule has 2 amide bonds. The summed E-state index contributed by atoms with van der Waals surface area (Å²) >= 11 is 1.25. The molecule has 1 aliphatic rings. The van der Waals surface area contributed by atoms with Gasteiger partial charge in [0.25, 0.3) is 0 Å². The van der Waals surface area contributed by atoms with E-state index in [-0.39, 0.29) is 24.8 Å². The molecule has 0 saturated carbocycles. The fourth-order valence-electron chi connectivity index (χ4n) is 3.87. The molecule has 1 atom stereocenters. The third-order valence-corrected chi connectivity index (χ3v) is 7.03. The zero-order valence-corrected chi connectivity index (χ0v) is 22.1. The monoisotopic (exact) mass is 531 g/mol. The summed E-state index contributed by atoms with van der Waals surface area (Å²) in [5, 5.41) is 2.66. The van der Waals surface area contributed by atoms with Crippen LogP contribution in [-0.2, 0) is 20.7 Å². The van der Waals surface area contributed by atoms with Crippen molar-refractivity contribution in [2.75, 3.05) is 25.6 Å². The van der Waals surface area contributed by atoms with Crippen LogP contribution in [0.25, 0.3) is 0 Å². The Morgan fingerprint density at radius 2 is 1.82 bits per heavy atom. The number of aliphatic imine (C=N–C) groups is 1. The summed E-state index contributed by atoms with van der Waals surface area (Å²) in [6.07, 6.45) is 0.699. The molecule has 0 spiro atoms. The molecular formula is C29H29N3O5S. The Morgan fingerprint density at radius 3 is 2.53 bits per heavy atom. The van der Waals surface area contributed by atoms with E-state index in [0.29, 0.717) is 40.8 Å². The number of nitrogens with zero attached hydrogens (tertiary/aromatic N) is 2. The molecule has 38 heavy (non-hydrogen) atoms. The van der Waals surface area contributed by atoms with Gasteiger partial charge in [-0.1, -0.05) is 48.2 Å². The molecule has 0 aromatic heterocycles. The van der Waals surface area contributed by atoms with Crippen molar-refractivity contribution in [3.8, 4) is 5.75 Å². The number of methoxy groups -OCH3 is 1. The first kappa shape index (κ1) is 26.9. The molecule has 196 valence electrons. The maximum absolute atomic E-state index is 13.3. The fourth-order valence-corrected chi connectivity index (χ4v) is 4.99. The van der Waals surface area contributed by atoms with Gasteiger partial charge in [-0.3, -0.25) is 14.5 Å². The molecule has 3 aromatic rings. The molecule has 4 rings (SSSR count). The molecule has 8 nitrogen and oxygen atoms in total. The first-order valence-corrected chi connectivity index (χ1v) is 13.2.